The van der Waals surface area contributed by atoms with Crippen molar-refractivity contribution < 1.29 is 14.3 Å². The molecule has 0 aromatic rings. The number of ether oxygens (including phenoxy) is 1. The molecule has 1 aliphatic heterocycles. The predicted molar refractivity (Wildman–Crippen MR) is 75.4 cm³/mol. The molecule has 19 heavy (non-hydrogen) atoms. The van der Waals surface area contributed by atoms with Gasteiger partial charge in [-0.15, -0.1) is 12.4 Å². The number of amides is 2. The van der Waals surface area contributed by atoms with E-state index in [9.17, 15) is 9.59 Å². The van der Waals surface area contributed by atoms with Gasteiger partial charge in [-0.3, -0.25) is 9.59 Å². The first-order valence-electron chi connectivity index (χ1n) is 6.31. The summed E-state index contributed by atoms with van der Waals surface area (Å²) >= 11 is 0. The van der Waals surface area contributed by atoms with Crippen molar-refractivity contribution in [2.45, 2.75) is 6.92 Å². The van der Waals surface area contributed by atoms with Crippen LogP contribution in [0.15, 0.2) is 0 Å². The van der Waals surface area contributed by atoms with E-state index >= 15 is 0 Å². The summed E-state index contributed by atoms with van der Waals surface area (Å²) in [5.74, 6) is -0.130. The summed E-state index contributed by atoms with van der Waals surface area (Å²) in [6.07, 6.45) is 0. The first-order chi connectivity index (χ1) is 8.56. The second-order valence-electron chi connectivity index (χ2n) is 4.65. The lowest BCUT2D eigenvalue weighted by atomic mass is 10.1. The van der Waals surface area contributed by atoms with E-state index in [1.54, 1.807) is 11.9 Å². The molecule has 0 spiro atoms. The summed E-state index contributed by atoms with van der Waals surface area (Å²) in [4.78, 5) is 27.1. The Hall–Kier alpha value is -0.850. The number of halogens is 1. The van der Waals surface area contributed by atoms with Crippen LogP contribution < -0.4 is 5.32 Å². The number of rotatable bonds is 5. The Morgan fingerprint density at radius 1 is 1.37 bits per heavy atom. The molecular weight excluding hydrogens is 270 g/mol. The SMILES string of the molecule is CNCC(C)C(=O)N(C)CC(=O)N1CCOCC1.Cl. The molecule has 2 amide bonds. The molecule has 0 saturated carbocycles. The third-order valence-corrected chi connectivity index (χ3v) is 3.04. The Bertz CT molecular complexity index is 296. The first kappa shape index (κ1) is 18.1. The molecule has 6 nitrogen and oxygen atoms in total. The van der Waals surface area contributed by atoms with Crippen LogP contribution in [-0.2, 0) is 14.3 Å². The number of morpholine rings is 1. The standard InChI is InChI=1S/C12H23N3O3.ClH/c1-10(8-13-2)12(17)14(3)9-11(16)15-4-6-18-7-5-15;/h10,13H,4-9H2,1-3H3;1H. The summed E-state index contributed by atoms with van der Waals surface area (Å²) < 4.78 is 5.19. The third-order valence-electron chi connectivity index (χ3n) is 3.04. The summed E-state index contributed by atoms with van der Waals surface area (Å²) in [6, 6.07) is 0. The second-order valence-corrected chi connectivity index (χ2v) is 4.65. The average Bonchev–Trinajstić information content (AvgIpc) is 2.39. The van der Waals surface area contributed by atoms with E-state index in [0.717, 1.165) is 0 Å². The molecule has 1 unspecified atom stereocenters. The lowest BCUT2D eigenvalue weighted by Gasteiger charge is -2.29. The fourth-order valence-corrected chi connectivity index (χ4v) is 1.96. The minimum Gasteiger partial charge on any atom is -0.378 e. The zero-order valence-electron chi connectivity index (χ0n) is 11.8. The molecule has 1 atom stereocenters. The van der Waals surface area contributed by atoms with E-state index in [4.69, 9.17) is 4.74 Å². The maximum Gasteiger partial charge on any atom is 0.242 e. The van der Waals surface area contributed by atoms with Crippen molar-refractivity contribution in [3.8, 4) is 0 Å². The highest BCUT2D eigenvalue weighted by Gasteiger charge is 2.22. The van der Waals surface area contributed by atoms with Crippen LogP contribution in [0.2, 0.25) is 0 Å². The van der Waals surface area contributed by atoms with E-state index < -0.39 is 0 Å². The molecule has 1 N–H and O–H groups in total. The van der Waals surface area contributed by atoms with Gasteiger partial charge in [-0.1, -0.05) is 6.92 Å². The number of nitrogens with zero attached hydrogens (tertiary/aromatic N) is 2. The van der Waals surface area contributed by atoms with Gasteiger partial charge in [0.05, 0.1) is 19.8 Å². The zero-order chi connectivity index (χ0) is 13.5. The lowest BCUT2D eigenvalue weighted by Crippen LogP contribution is -2.47. The maximum absolute atomic E-state index is 12.0. The van der Waals surface area contributed by atoms with Gasteiger partial charge in [0.15, 0.2) is 0 Å². The van der Waals surface area contributed by atoms with Crippen molar-refractivity contribution in [2.75, 3.05) is 53.5 Å². The maximum atomic E-state index is 12.0. The predicted octanol–water partition coefficient (Wildman–Crippen LogP) is -0.419. The summed E-state index contributed by atoms with van der Waals surface area (Å²) in [7, 11) is 3.48. The minimum atomic E-state index is -0.113. The van der Waals surface area contributed by atoms with Crippen molar-refractivity contribution in [1.82, 2.24) is 15.1 Å². The van der Waals surface area contributed by atoms with Gasteiger partial charge in [-0.25, -0.2) is 0 Å². The number of carbonyl (C=O) groups excluding carboxylic acids is 2. The second kappa shape index (κ2) is 9.12. The quantitative estimate of drug-likeness (QED) is 0.748. The summed E-state index contributed by atoms with van der Waals surface area (Å²) in [5, 5.41) is 2.96. The van der Waals surface area contributed by atoms with Crippen LogP contribution in [0.3, 0.4) is 0 Å². The molecule has 1 aliphatic rings. The van der Waals surface area contributed by atoms with Gasteiger partial charge in [0, 0.05) is 32.6 Å². The number of carbonyl (C=O) groups is 2. The molecule has 0 bridgehead atoms. The lowest BCUT2D eigenvalue weighted by molar-refractivity contribution is -0.143. The van der Waals surface area contributed by atoms with Gasteiger partial charge in [0.2, 0.25) is 11.8 Å². The monoisotopic (exact) mass is 293 g/mol. The van der Waals surface area contributed by atoms with Gasteiger partial charge < -0.3 is 19.9 Å². The van der Waals surface area contributed by atoms with E-state index in [1.807, 2.05) is 14.0 Å². The van der Waals surface area contributed by atoms with E-state index in [-0.39, 0.29) is 36.7 Å². The molecule has 7 heteroatoms. The highest BCUT2D eigenvalue weighted by atomic mass is 35.5. The van der Waals surface area contributed by atoms with Crippen molar-refractivity contribution in [3.05, 3.63) is 0 Å². The molecule has 1 fully saturated rings. The van der Waals surface area contributed by atoms with Crippen molar-refractivity contribution >= 4 is 24.2 Å². The van der Waals surface area contributed by atoms with Crippen LogP contribution in [0.4, 0.5) is 0 Å². The Balaban J connectivity index is 0.00000324. The van der Waals surface area contributed by atoms with E-state index in [2.05, 4.69) is 5.32 Å². The highest BCUT2D eigenvalue weighted by Crippen LogP contribution is 2.02. The largest absolute Gasteiger partial charge is 0.378 e. The van der Waals surface area contributed by atoms with Crippen molar-refractivity contribution in [3.63, 3.8) is 0 Å². The van der Waals surface area contributed by atoms with Crippen LogP contribution >= 0.6 is 12.4 Å². The van der Waals surface area contributed by atoms with E-state index in [1.165, 1.54) is 4.90 Å². The molecule has 1 rings (SSSR count). The number of nitrogens with one attached hydrogen (secondary N) is 1. The number of likely N-dealkylation sites (N-methyl/N-ethyl adjacent to an activating group) is 1. The highest BCUT2D eigenvalue weighted by molar-refractivity contribution is 5.86. The average molecular weight is 294 g/mol. The normalized spacial score (nSPS) is 16.5. The molecular formula is C12H24ClN3O3. The molecule has 0 radical (unpaired) electrons. The van der Waals surface area contributed by atoms with Crippen molar-refractivity contribution in [1.29, 1.82) is 0 Å². The molecule has 1 saturated heterocycles. The fourth-order valence-electron chi connectivity index (χ4n) is 1.96. The summed E-state index contributed by atoms with van der Waals surface area (Å²) in [6.45, 7) is 5.02. The third kappa shape index (κ3) is 5.76. The van der Waals surface area contributed by atoms with Gasteiger partial charge in [0.1, 0.15) is 0 Å². The fraction of sp³-hybridized carbons (Fsp3) is 0.833. The van der Waals surface area contributed by atoms with Crippen LogP contribution in [-0.4, -0.2) is 75.1 Å². The molecule has 0 aliphatic carbocycles. The first-order valence-corrected chi connectivity index (χ1v) is 6.31. The van der Waals surface area contributed by atoms with Crippen molar-refractivity contribution in [2.24, 2.45) is 5.92 Å². The van der Waals surface area contributed by atoms with Crippen LogP contribution in [0.25, 0.3) is 0 Å². The smallest absolute Gasteiger partial charge is 0.242 e. The molecule has 112 valence electrons. The minimum absolute atomic E-state index is 0. The van der Waals surface area contributed by atoms with Crippen LogP contribution in [0, 0.1) is 5.92 Å². The topological polar surface area (TPSA) is 61.9 Å². The Kier molecular flexibility index (Phi) is 8.71. The molecule has 0 aromatic heterocycles. The number of hydrogen-bond acceptors (Lipinski definition) is 4. The Morgan fingerprint density at radius 3 is 2.47 bits per heavy atom. The summed E-state index contributed by atoms with van der Waals surface area (Å²) in [5.41, 5.74) is 0. The molecule has 0 aromatic carbocycles. The van der Waals surface area contributed by atoms with Gasteiger partial charge in [-0.2, -0.15) is 0 Å². The Morgan fingerprint density at radius 2 is 1.95 bits per heavy atom. The van der Waals surface area contributed by atoms with Crippen LogP contribution in [0.1, 0.15) is 6.92 Å². The van der Waals surface area contributed by atoms with Gasteiger partial charge in [-0.05, 0) is 7.05 Å². The van der Waals surface area contributed by atoms with Crippen LogP contribution in [0.5, 0.6) is 0 Å². The van der Waals surface area contributed by atoms with Gasteiger partial charge >= 0.3 is 0 Å². The molecule has 1 heterocycles. The number of hydrogen-bond donors (Lipinski definition) is 1. The van der Waals surface area contributed by atoms with E-state index in [0.29, 0.717) is 32.8 Å². The Labute approximate surface area is 120 Å². The van der Waals surface area contributed by atoms with Gasteiger partial charge in [0.25, 0.3) is 0 Å². The zero-order valence-corrected chi connectivity index (χ0v) is 12.7.